The molecule has 0 spiro atoms. The van der Waals surface area contributed by atoms with Crippen molar-refractivity contribution < 1.29 is 14.3 Å². The van der Waals surface area contributed by atoms with E-state index in [1.54, 1.807) is 0 Å². The molecule has 0 bridgehead atoms. The molecule has 22 heavy (non-hydrogen) atoms. The van der Waals surface area contributed by atoms with Crippen LogP contribution in [-0.2, 0) is 16.1 Å². The molecule has 0 radical (unpaired) electrons. The summed E-state index contributed by atoms with van der Waals surface area (Å²) >= 11 is 0. The third-order valence-electron chi connectivity index (χ3n) is 3.52. The molecule has 1 fully saturated rings. The first kappa shape index (κ1) is 18.7. The number of nitrogens with two attached hydrogens (primary N) is 1. The molecule has 1 aromatic carbocycles. The number of aryl methyl sites for hydroxylation is 1. The van der Waals surface area contributed by atoms with Crippen molar-refractivity contribution in [3.63, 3.8) is 0 Å². The predicted octanol–water partition coefficient (Wildman–Crippen LogP) is 1.94. The van der Waals surface area contributed by atoms with Gasteiger partial charge in [-0.1, -0.05) is 12.1 Å². The molecule has 3 N–H and O–H groups in total. The van der Waals surface area contributed by atoms with Crippen LogP contribution < -0.4 is 15.8 Å². The van der Waals surface area contributed by atoms with Crippen LogP contribution in [0, 0.1) is 6.92 Å². The van der Waals surface area contributed by atoms with Crippen LogP contribution in [0.5, 0.6) is 5.75 Å². The number of benzene rings is 1. The van der Waals surface area contributed by atoms with E-state index in [-0.39, 0.29) is 24.4 Å². The summed E-state index contributed by atoms with van der Waals surface area (Å²) in [5, 5.41) is 2.86. The van der Waals surface area contributed by atoms with Crippen LogP contribution in [0.25, 0.3) is 0 Å². The molecule has 1 saturated heterocycles. The fourth-order valence-corrected chi connectivity index (χ4v) is 2.31. The topological polar surface area (TPSA) is 73.6 Å². The summed E-state index contributed by atoms with van der Waals surface area (Å²) in [6.07, 6.45) is 2.68. The molecular formula is C16H25ClN2O3. The van der Waals surface area contributed by atoms with Gasteiger partial charge in [-0.25, -0.2) is 0 Å². The number of amides is 1. The maximum Gasteiger partial charge on any atom is 0.221 e. The summed E-state index contributed by atoms with van der Waals surface area (Å²) in [5.41, 5.74) is 7.48. The molecule has 0 aliphatic carbocycles. The first-order valence-corrected chi connectivity index (χ1v) is 7.49. The zero-order valence-electron chi connectivity index (χ0n) is 13.0. The Labute approximate surface area is 138 Å². The van der Waals surface area contributed by atoms with Crippen molar-refractivity contribution in [3.8, 4) is 5.75 Å². The van der Waals surface area contributed by atoms with E-state index in [0.717, 1.165) is 36.3 Å². The molecule has 1 unspecified atom stereocenters. The van der Waals surface area contributed by atoms with Crippen LogP contribution in [0.4, 0.5) is 0 Å². The highest BCUT2D eigenvalue weighted by Crippen LogP contribution is 2.22. The number of nitrogens with one attached hydrogen (secondary N) is 1. The van der Waals surface area contributed by atoms with Gasteiger partial charge in [-0.05, 0) is 31.4 Å². The van der Waals surface area contributed by atoms with Crippen LogP contribution in [0.3, 0.4) is 0 Å². The molecule has 6 heteroatoms. The number of carbonyl (C=O) groups excluding carboxylic acids is 1. The summed E-state index contributed by atoms with van der Waals surface area (Å²) in [4.78, 5) is 11.5. The molecule has 1 aromatic rings. The number of rotatable bonds is 7. The van der Waals surface area contributed by atoms with E-state index >= 15 is 0 Å². The monoisotopic (exact) mass is 328 g/mol. The number of hydrogen-bond donors (Lipinski definition) is 2. The van der Waals surface area contributed by atoms with Gasteiger partial charge in [-0.2, -0.15) is 0 Å². The molecular weight excluding hydrogens is 304 g/mol. The van der Waals surface area contributed by atoms with Crippen molar-refractivity contribution in [2.45, 2.75) is 38.8 Å². The van der Waals surface area contributed by atoms with Crippen molar-refractivity contribution in [1.29, 1.82) is 0 Å². The lowest BCUT2D eigenvalue weighted by molar-refractivity contribution is -0.121. The molecule has 1 aliphatic heterocycles. The minimum absolute atomic E-state index is 0. The summed E-state index contributed by atoms with van der Waals surface area (Å²) in [7, 11) is 0. The number of carbonyl (C=O) groups is 1. The molecule has 1 aliphatic rings. The van der Waals surface area contributed by atoms with Gasteiger partial charge in [-0.3, -0.25) is 4.79 Å². The van der Waals surface area contributed by atoms with Gasteiger partial charge in [0.1, 0.15) is 12.4 Å². The third-order valence-corrected chi connectivity index (χ3v) is 3.52. The van der Waals surface area contributed by atoms with Crippen LogP contribution in [-0.4, -0.2) is 31.8 Å². The SMILES string of the molecule is Cc1ccc(CNC(=O)CCN)c(OCC2CCCO2)c1.Cl. The van der Waals surface area contributed by atoms with Crippen molar-refractivity contribution >= 4 is 18.3 Å². The molecule has 1 heterocycles. The van der Waals surface area contributed by atoms with E-state index in [2.05, 4.69) is 5.32 Å². The van der Waals surface area contributed by atoms with E-state index < -0.39 is 0 Å². The summed E-state index contributed by atoms with van der Waals surface area (Å²) in [6.45, 7) is 4.23. The van der Waals surface area contributed by atoms with E-state index in [0.29, 0.717) is 26.1 Å². The van der Waals surface area contributed by atoms with E-state index in [4.69, 9.17) is 15.2 Å². The van der Waals surface area contributed by atoms with E-state index in [1.165, 1.54) is 0 Å². The van der Waals surface area contributed by atoms with Crippen molar-refractivity contribution in [2.24, 2.45) is 5.73 Å². The minimum Gasteiger partial charge on any atom is -0.491 e. The van der Waals surface area contributed by atoms with Crippen molar-refractivity contribution in [1.82, 2.24) is 5.32 Å². The van der Waals surface area contributed by atoms with Gasteiger partial charge in [0.2, 0.25) is 5.91 Å². The van der Waals surface area contributed by atoms with Crippen molar-refractivity contribution in [2.75, 3.05) is 19.8 Å². The molecule has 0 saturated carbocycles. The van der Waals surface area contributed by atoms with Gasteiger partial charge in [0.15, 0.2) is 0 Å². The minimum atomic E-state index is -0.0387. The smallest absolute Gasteiger partial charge is 0.221 e. The first-order valence-electron chi connectivity index (χ1n) is 7.49. The second kappa shape index (κ2) is 9.66. The van der Waals surface area contributed by atoms with Crippen molar-refractivity contribution in [3.05, 3.63) is 29.3 Å². The Kier molecular flexibility index (Phi) is 8.24. The Bertz CT molecular complexity index is 476. The standard InChI is InChI=1S/C16H24N2O3.ClH/c1-12-4-5-13(10-18-16(19)6-7-17)15(9-12)21-11-14-3-2-8-20-14;/h4-5,9,14H,2-3,6-8,10-11,17H2,1H3,(H,18,19);1H. The van der Waals surface area contributed by atoms with Gasteiger partial charge in [0.25, 0.3) is 0 Å². The maximum atomic E-state index is 11.5. The normalized spacial score (nSPS) is 16.9. The molecule has 124 valence electrons. The Balaban J connectivity index is 0.00000242. The van der Waals surface area contributed by atoms with Crippen LogP contribution >= 0.6 is 12.4 Å². The molecule has 1 atom stereocenters. The molecule has 1 amide bonds. The Morgan fingerprint density at radius 3 is 3.00 bits per heavy atom. The lowest BCUT2D eigenvalue weighted by Gasteiger charge is -2.15. The zero-order valence-corrected chi connectivity index (χ0v) is 13.8. The number of ether oxygens (including phenoxy) is 2. The fourth-order valence-electron chi connectivity index (χ4n) is 2.31. The highest BCUT2D eigenvalue weighted by atomic mass is 35.5. The predicted molar refractivity (Wildman–Crippen MR) is 88.4 cm³/mol. The maximum absolute atomic E-state index is 11.5. The third kappa shape index (κ3) is 5.83. The van der Waals surface area contributed by atoms with E-state index in [1.807, 2.05) is 25.1 Å². The summed E-state index contributed by atoms with van der Waals surface area (Å²) in [6, 6.07) is 6.01. The average Bonchev–Trinajstić information content (AvgIpc) is 2.97. The number of hydrogen-bond acceptors (Lipinski definition) is 4. The Morgan fingerprint density at radius 2 is 2.32 bits per heavy atom. The average molecular weight is 329 g/mol. The van der Waals surface area contributed by atoms with Gasteiger partial charge >= 0.3 is 0 Å². The first-order chi connectivity index (χ1) is 10.2. The highest BCUT2D eigenvalue weighted by Gasteiger charge is 2.17. The van der Waals surface area contributed by atoms with Gasteiger partial charge in [0, 0.05) is 31.7 Å². The Morgan fingerprint density at radius 1 is 1.50 bits per heavy atom. The van der Waals surface area contributed by atoms with Crippen LogP contribution in [0.2, 0.25) is 0 Å². The van der Waals surface area contributed by atoms with E-state index in [9.17, 15) is 4.79 Å². The lowest BCUT2D eigenvalue weighted by Crippen LogP contribution is -2.25. The largest absolute Gasteiger partial charge is 0.491 e. The van der Waals surface area contributed by atoms with Crippen LogP contribution in [0.15, 0.2) is 18.2 Å². The second-order valence-electron chi connectivity index (χ2n) is 5.37. The van der Waals surface area contributed by atoms with Gasteiger partial charge in [-0.15, -0.1) is 12.4 Å². The lowest BCUT2D eigenvalue weighted by atomic mass is 10.1. The molecule has 2 rings (SSSR count). The Hall–Kier alpha value is -1.30. The van der Waals surface area contributed by atoms with Gasteiger partial charge in [0.05, 0.1) is 6.10 Å². The van der Waals surface area contributed by atoms with Crippen LogP contribution in [0.1, 0.15) is 30.4 Å². The molecule has 0 aromatic heterocycles. The summed E-state index contributed by atoms with van der Waals surface area (Å²) in [5.74, 6) is 0.779. The second-order valence-corrected chi connectivity index (χ2v) is 5.37. The highest BCUT2D eigenvalue weighted by molar-refractivity contribution is 5.85. The summed E-state index contributed by atoms with van der Waals surface area (Å²) < 4.78 is 11.5. The number of halogens is 1. The quantitative estimate of drug-likeness (QED) is 0.802. The zero-order chi connectivity index (χ0) is 15.1. The molecule has 5 nitrogen and oxygen atoms in total. The fraction of sp³-hybridized carbons (Fsp3) is 0.562. The van der Waals surface area contributed by atoms with Gasteiger partial charge < -0.3 is 20.5 Å².